The third kappa shape index (κ3) is 7.03. The molecule has 6 rings (SSSR count). The number of aryl methyl sites for hydroxylation is 1. The van der Waals surface area contributed by atoms with Crippen molar-refractivity contribution in [2.24, 2.45) is 30.7 Å². The third-order valence-electron chi connectivity index (χ3n) is 10.4. The minimum Gasteiger partial charge on any atom is -0.469 e. The van der Waals surface area contributed by atoms with Crippen LogP contribution in [0.25, 0.3) is 17.2 Å². The molecule has 0 bridgehead atoms. The summed E-state index contributed by atoms with van der Waals surface area (Å²) in [5.41, 5.74) is 5.39. The molecule has 3 saturated carbocycles. The Morgan fingerprint density at radius 2 is 1.72 bits per heavy atom. The number of carbonyl (C=O) groups is 2. The molecule has 1 aromatic carbocycles. The van der Waals surface area contributed by atoms with E-state index in [2.05, 4.69) is 39.8 Å². The third-order valence-corrected chi connectivity index (χ3v) is 10.4. The van der Waals surface area contributed by atoms with Crippen molar-refractivity contribution in [3.63, 3.8) is 0 Å². The lowest BCUT2D eigenvalue weighted by molar-refractivity contribution is -0.147. The van der Waals surface area contributed by atoms with Gasteiger partial charge in [0.1, 0.15) is 0 Å². The summed E-state index contributed by atoms with van der Waals surface area (Å²) in [5, 5.41) is 8.46. The molecule has 3 aromatic rings. The summed E-state index contributed by atoms with van der Waals surface area (Å²) >= 11 is 0. The highest BCUT2D eigenvalue weighted by Gasteiger charge is 2.35. The molecular formula is C37H46FN5O3. The van der Waals surface area contributed by atoms with Crippen LogP contribution in [0.5, 0.6) is 0 Å². The van der Waals surface area contributed by atoms with Gasteiger partial charge < -0.3 is 9.64 Å². The van der Waals surface area contributed by atoms with E-state index in [1.807, 2.05) is 35.4 Å². The van der Waals surface area contributed by atoms with Gasteiger partial charge in [-0.3, -0.25) is 19.0 Å². The van der Waals surface area contributed by atoms with Crippen molar-refractivity contribution in [3.05, 3.63) is 72.1 Å². The Hall–Kier alpha value is -4.01. The molecule has 2 aromatic heterocycles. The average molecular weight is 628 g/mol. The van der Waals surface area contributed by atoms with Crippen molar-refractivity contribution in [1.82, 2.24) is 19.6 Å². The molecule has 0 N–H and O–H groups in total. The van der Waals surface area contributed by atoms with E-state index < -0.39 is 5.95 Å². The number of halogens is 1. The number of rotatable bonds is 10. The molecule has 2 heterocycles. The van der Waals surface area contributed by atoms with Crippen LogP contribution in [0.2, 0.25) is 0 Å². The molecule has 9 heteroatoms. The lowest BCUT2D eigenvalue weighted by atomic mass is 9.78. The van der Waals surface area contributed by atoms with Gasteiger partial charge in [0.05, 0.1) is 31.0 Å². The predicted molar refractivity (Wildman–Crippen MR) is 177 cm³/mol. The van der Waals surface area contributed by atoms with E-state index >= 15 is 0 Å². The Labute approximate surface area is 271 Å². The molecule has 0 aliphatic heterocycles. The first-order chi connectivity index (χ1) is 22.2. The van der Waals surface area contributed by atoms with Crippen LogP contribution in [0.3, 0.4) is 0 Å². The van der Waals surface area contributed by atoms with E-state index in [9.17, 15) is 14.0 Å². The molecule has 0 spiro atoms. The smallest absolute Gasteiger partial charge is 0.308 e. The summed E-state index contributed by atoms with van der Waals surface area (Å²) in [6.45, 7) is 6.76. The van der Waals surface area contributed by atoms with Crippen molar-refractivity contribution >= 4 is 23.6 Å². The first-order valence-corrected chi connectivity index (χ1v) is 16.8. The van der Waals surface area contributed by atoms with Crippen molar-refractivity contribution in [3.8, 4) is 11.1 Å². The van der Waals surface area contributed by atoms with Crippen LogP contribution in [0.1, 0.15) is 81.5 Å². The van der Waals surface area contributed by atoms with E-state index in [0.717, 1.165) is 53.8 Å². The fraction of sp³-hybridized carbons (Fsp3) is 0.514. The SMILES string of the molecule is C=C(/C=C\c1c(C)c(F)nn1C)[C@H]1CC[C@H](CN(c2cccc(-c3cnn(C4CC4)c3)c2)C(=O)[C@H]2CC[C@H](C(=O)OC)CC2)CC1. The molecule has 0 saturated heterocycles. The van der Waals surface area contributed by atoms with Gasteiger partial charge in [0.25, 0.3) is 0 Å². The Morgan fingerprint density at radius 1 is 1.02 bits per heavy atom. The molecular weight excluding hydrogens is 581 g/mol. The molecule has 0 atom stereocenters. The van der Waals surface area contributed by atoms with Crippen molar-refractivity contribution in [2.45, 2.75) is 77.2 Å². The summed E-state index contributed by atoms with van der Waals surface area (Å²) in [4.78, 5) is 28.4. The van der Waals surface area contributed by atoms with Crippen molar-refractivity contribution in [2.75, 3.05) is 18.6 Å². The first kappa shape index (κ1) is 32.0. The zero-order valence-corrected chi connectivity index (χ0v) is 27.3. The highest BCUT2D eigenvalue weighted by molar-refractivity contribution is 5.96. The van der Waals surface area contributed by atoms with Gasteiger partial charge in [-0.1, -0.05) is 30.4 Å². The number of allylic oxidation sites excluding steroid dienone is 2. The van der Waals surface area contributed by atoms with Crippen LogP contribution in [-0.2, 0) is 21.4 Å². The maximum Gasteiger partial charge on any atom is 0.308 e. The molecule has 1 amide bonds. The fourth-order valence-electron chi connectivity index (χ4n) is 7.30. The number of carbonyl (C=O) groups excluding carboxylic acids is 2. The maximum atomic E-state index is 14.3. The number of amides is 1. The molecule has 8 nitrogen and oxygen atoms in total. The summed E-state index contributed by atoms with van der Waals surface area (Å²) in [6, 6.07) is 8.82. The van der Waals surface area contributed by atoms with E-state index in [1.165, 1.54) is 20.0 Å². The van der Waals surface area contributed by atoms with E-state index in [4.69, 9.17) is 4.74 Å². The number of ether oxygens (including phenoxy) is 1. The topological polar surface area (TPSA) is 82.3 Å². The second-order valence-corrected chi connectivity index (χ2v) is 13.6. The van der Waals surface area contributed by atoms with Crippen LogP contribution >= 0.6 is 0 Å². The second-order valence-electron chi connectivity index (χ2n) is 13.6. The molecule has 0 unspecified atom stereocenters. The zero-order chi connectivity index (χ0) is 32.4. The summed E-state index contributed by atoms with van der Waals surface area (Å²) in [5.74, 6) is 0.0481. The predicted octanol–water partition coefficient (Wildman–Crippen LogP) is 7.45. The maximum absolute atomic E-state index is 14.3. The largest absolute Gasteiger partial charge is 0.469 e. The van der Waals surface area contributed by atoms with E-state index in [0.29, 0.717) is 55.7 Å². The van der Waals surface area contributed by atoms with Crippen LogP contribution in [0.15, 0.2) is 54.9 Å². The van der Waals surface area contributed by atoms with Gasteiger partial charge in [0.2, 0.25) is 11.9 Å². The van der Waals surface area contributed by atoms with Gasteiger partial charge in [-0.2, -0.15) is 9.49 Å². The number of nitrogens with zero attached hydrogens (tertiary/aromatic N) is 5. The minimum absolute atomic E-state index is 0.108. The Kier molecular flexibility index (Phi) is 9.57. The number of hydrogen-bond donors (Lipinski definition) is 0. The van der Waals surface area contributed by atoms with Gasteiger partial charge in [0.15, 0.2) is 0 Å². The van der Waals surface area contributed by atoms with Crippen molar-refractivity contribution < 1.29 is 18.7 Å². The summed E-state index contributed by atoms with van der Waals surface area (Å²) < 4.78 is 22.5. The van der Waals surface area contributed by atoms with E-state index in [-0.39, 0.29) is 23.7 Å². The van der Waals surface area contributed by atoms with Crippen LogP contribution < -0.4 is 4.90 Å². The molecule has 3 aliphatic carbocycles. The summed E-state index contributed by atoms with van der Waals surface area (Å²) in [7, 11) is 3.18. The van der Waals surface area contributed by atoms with Gasteiger partial charge in [0, 0.05) is 42.5 Å². The standard InChI is InChI=1S/C37H46FN5O3/c1-24(8-19-34-25(2)35(38)40-41(34)3)27-11-9-26(10-12-27)22-42(36(44)28-13-15-29(16-14-28)37(45)46-4)33-7-5-6-30(20-33)31-21-39-43(23-31)32-17-18-32/h5-8,19-21,23,26-29,32H,1,9-18,22H2,2-4H3/b19-8-/t26-,27-,28-,29-. The minimum atomic E-state index is -0.442. The van der Waals surface area contributed by atoms with Gasteiger partial charge >= 0.3 is 5.97 Å². The number of esters is 1. The zero-order valence-electron chi connectivity index (χ0n) is 27.3. The Balaban J connectivity index is 1.15. The normalized spacial score (nSPS) is 23.4. The first-order valence-electron chi connectivity index (χ1n) is 16.8. The lowest BCUT2D eigenvalue weighted by Crippen LogP contribution is -2.42. The fourth-order valence-corrected chi connectivity index (χ4v) is 7.30. The number of aromatic nitrogens is 4. The lowest BCUT2D eigenvalue weighted by Gasteiger charge is -2.36. The van der Waals surface area contributed by atoms with Gasteiger partial charge in [-0.15, -0.1) is 5.10 Å². The van der Waals surface area contributed by atoms with Crippen molar-refractivity contribution in [1.29, 1.82) is 0 Å². The average Bonchev–Trinajstić information content (AvgIpc) is 3.76. The summed E-state index contributed by atoms with van der Waals surface area (Å²) in [6.07, 6.45) is 17.1. The van der Waals surface area contributed by atoms with Gasteiger partial charge in [-0.25, -0.2) is 0 Å². The van der Waals surface area contributed by atoms with Gasteiger partial charge in [-0.05, 0) is 107 Å². The number of benzene rings is 1. The number of anilines is 1. The van der Waals surface area contributed by atoms with E-state index in [1.54, 1.807) is 18.7 Å². The quantitative estimate of drug-likeness (QED) is 0.172. The highest BCUT2D eigenvalue weighted by atomic mass is 19.1. The molecule has 46 heavy (non-hydrogen) atoms. The molecule has 3 fully saturated rings. The Bertz CT molecular complexity index is 1600. The monoisotopic (exact) mass is 627 g/mol. The molecule has 0 radical (unpaired) electrons. The highest BCUT2D eigenvalue weighted by Crippen LogP contribution is 2.38. The second kappa shape index (κ2) is 13.8. The number of methoxy groups -OCH3 is 1. The molecule has 244 valence electrons. The van der Waals surface area contributed by atoms with Crippen LogP contribution in [0, 0.1) is 36.5 Å². The molecule has 3 aliphatic rings. The number of hydrogen-bond acceptors (Lipinski definition) is 5. The Morgan fingerprint density at radius 3 is 2.37 bits per heavy atom. The van der Waals surface area contributed by atoms with Crippen LogP contribution in [0.4, 0.5) is 10.1 Å². The van der Waals surface area contributed by atoms with Crippen LogP contribution in [-0.4, -0.2) is 45.1 Å².